The summed E-state index contributed by atoms with van der Waals surface area (Å²) in [4.78, 5) is 2.76. The average Bonchev–Trinajstić information content (AvgIpc) is 3.25. The van der Waals surface area contributed by atoms with Crippen molar-refractivity contribution in [1.82, 2.24) is 10.2 Å². The molecule has 2 aliphatic carbocycles. The first-order valence-electron chi connectivity index (χ1n) is 8.22. The standard InChI is InChI=1S/C16H32N2O/c1-4-5-13-6-9-15(17-2)16(12-13)18(10-11-19-3)14-7-8-14/h13-17H,4-12H2,1-3H3. The number of ether oxygens (including phenoxy) is 1. The lowest BCUT2D eigenvalue weighted by molar-refractivity contribution is 0.0623. The molecule has 0 aliphatic heterocycles. The van der Waals surface area contributed by atoms with Crippen molar-refractivity contribution >= 4 is 0 Å². The summed E-state index contributed by atoms with van der Waals surface area (Å²) in [5, 5.41) is 3.57. The summed E-state index contributed by atoms with van der Waals surface area (Å²) in [5.41, 5.74) is 0. The Kier molecular flexibility index (Phi) is 6.11. The van der Waals surface area contributed by atoms with E-state index in [-0.39, 0.29) is 0 Å². The minimum absolute atomic E-state index is 0.686. The van der Waals surface area contributed by atoms with Crippen molar-refractivity contribution in [3.63, 3.8) is 0 Å². The average molecular weight is 268 g/mol. The van der Waals surface area contributed by atoms with Crippen LogP contribution in [0.15, 0.2) is 0 Å². The van der Waals surface area contributed by atoms with Crippen molar-refractivity contribution in [3.05, 3.63) is 0 Å². The van der Waals surface area contributed by atoms with Crippen LogP contribution in [0.25, 0.3) is 0 Å². The molecule has 0 bridgehead atoms. The van der Waals surface area contributed by atoms with E-state index >= 15 is 0 Å². The van der Waals surface area contributed by atoms with E-state index in [0.29, 0.717) is 6.04 Å². The van der Waals surface area contributed by atoms with Gasteiger partial charge in [0.1, 0.15) is 0 Å². The third-order valence-corrected chi connectivity index (χ3v) is 4.99. The fourth-order valence-corrected chi connectivity index (χ4v) is 3.83. The molecule has 0 heterocycles. The maximum atomic E-state index is 5.32. The second-order valence-electron chi connectivity index (χ2n) is 6.39. The van der Waals surface area contributed by atoms with Crippen LogP contribution in [-0.4, -0.2) is 50.3 Å². The van der Waals surface area contributed by atoms with Gasteiger partial charge in [-0.15, -0.1) is 0 Å². The maximum absolute atomic E-state index is 5.32. The lowest BCUT2D eigenvalue weighted by Crippen LogP contribution is -2.54. The molecule has 3 nitrogen and oxygen atoms in total. The topological polar surface area (TPSA) is 24.5 Å². The maximum Gasteiger partial charge on any atom is 0.0589 e. The second-order valence-corrected chi connectivity index (χ2v) is 6.39. The summed E-state index contributed by atoms with van der Waals surface area (Å²) in [7, 11) is 3.96. The molecule has 112 valence electrons. The van der Waals surface area contributed by atoms with Gasteiger partial charge in [-0.05, 0) is 45.1 Å². The molecule has 0 radical (unpaired) electrons. The van der Waals surface area contributed by atoms with E-state index in [1.807, 2.05) is 7.11 Å². The molecule has 3 atom stereocenters. The third kappa shape index (κ3) is 4.17. The van der Waals surface area contributed by atoms with E-state index in [9.17, 15) is 0 Å². The fourth-order valence-electron chi connectivity index (χ4n) is 3.83. The monoisotopic (exact) mass is 268 g/mol. The molecule has 2 saturated carbocycles. The molecule has 1 N–H and O–H groups in total. The Hall–Kier alpha value is -0.120. The molecule has 0 aromatic rings. The van der Waals surface area contributed by atoms with Crippen LogP contribution >= 0.6 is 0 Å². The van der Waals surface area contributed by atoms with Crippen molar-refractivity contribution < 1.29 is 4.74 Å². The Labute approximate surface area is 119 Å². The van der Waals surface area contributed by atoms with Crippen LogP contribution < -0.4 is 5.32 Å². The van der Waals surface area contributed by atoms with Gasteiger partial charge in [0.25, 0.3) is 0 Å². The van der Waals surface area contributed by atoms with Crippen LogP contribution in [0.2, 0.25) is 0 Å². The molecular formula is C16H32N2O. The van der Waals surface area contributed by atoms with Crippen LogP contribution in [0, 0.1) is 5.92 Å². The van der Waals surface area contributed by atoms with Gasteiger partial charge in [-0.3, -0.25) is 4.90 Å². The first-order chi connectivity index (χ1) is 9.30. The van der Waals surface area contributed by atoms with Gasteiger partial charge in [0.15, 0.2) is 0 Å². The lowest BCUT2D eigenvalue weighted by atomic mass is 9.79. The Morgan fingerprint density at radius 1 is 1.21 bits per heavy atom. The number of methoxy groups -OCH3 is 1. The molecule has 0 amide bonds. The van der Waals surface area contributed by atoms with Gasteiger partial charge >= 0.3 is 0 Å². The van der Waals surface area contributed by atoms with Crippen molar-refractivity contribution in [2.75, 3.05) is 27.3 Å². The smallest absolute Gasteiger partial charge is 0.0589 e. The normalized spacial score (nSPS) is 31.9. The molecule has 2 fully saturated rings. The van der Waals surface area contributed by atoms with E-state index in [1.165, 1.54) is 44.9 Å². The molecule has 0 saturated heterocycles. The summed E-state index contributed by atoms with van der Waals surface area (Å²) in [6.07, 6.45) is 9.70. The van der Waals surface area contributed by atoms with E-state index in [0.717, 1.165) is 31.2 Å². The van der Waals surface area contributed by atoms with Crippen LogP contribution in [0.3, 0.4) is 0 Å². The van der Waals surface area contributed by atoms with Crippen LogP contribution in [-0.2, 0) is 4.74 Å². The molecule has 0 aromatic carbocycles. The van der Waals surface area contributed by atoms with Crippen molar-refractivity contribution in [2.24, 2.45) is 5.92 Å². The molecule has 0 spiro atoms. The van der Waals surface area contributed by atoms with E-state index in [1.54, 1.807) is 0 Å². The summed E-state index contributed by atoms with van der Waals surface area (Å²) >= 11 is 0. The van der Waals surface area contributed by atoms with Gasteiger partial charge in [-0.25, -0.2) is 0 Å². The number of hydrogen-bond donors (Lipinski definition) is 1. The summed E-state index contributed by atoms with van der Waals surface area (Å²) in [5.74, 6) is 0.948. The number of nitrogens with one attached hydrogen (secondary N) is 1. The highest BCUT2D eigenvalue weighted by Gasteiger charge is 2.39. The molecular weight excluding hydrogens is 236 g/mol. The molecule has 2 aliphatic rings. The van der Waals surface area contributed by atoms with Crippen molar-refractivity contribution in [2.45, 2.75) is 70.0 Å². The Balaban J connectivity index is 1.97. The number of nitrogens with zero attached hydrogens (tertiary/aromatic N) is 1. The quantitative estimate of drug-likeness (QED) is 0.732. The van der Waals surface area contributed by atoms with Gasteiger partial charge in [-0.2, -0.15) is 0 Å². The van der Waals surface area contributed by atoms with E-state index < -0.39 is 0 Å². The number of hydrogen-bond acceptors (Lipinski definition) is 3. The van der Waals surface area contributed by atoms with Crippen LogP contribution in [0.4, 0.5) is 0 Å². The zero-order chi connectivity index (χ0) is 13.7. The summed E-state index contributed by atoms with van der Waals surface area (Å²) < 4.78 is 5.32. The van der Waals surface area contributed by atoms with Crippen LogP contribution in [0.1, 0.15) is 51.9 Å². The van der Waals surface area contributed by atoms with Crippen LogP contribution in [0.5, 0.6) is 0 Å². The van der Waals surface area contributed by atoms with Gasteiger partial charge < -0.3 is 10.1 Å². The van der Waals surface area contributed by atoms with E-state index in [2.05, 4.69) is 24.2 Å². The first-order valence-corrected chi connectivity index (χ1v) is 8.22. The van der Waals surface area contributed by atoms with E-state index in [4.69, 9.17) is 4.74 Å². The summed E-state index contributed by atoms with van der Waals surface area (Å²) in [6.45, 7) is 4.31. The van der Waals surface area contributed by atoms with Gasteiger partial charge in [0, 0.05) is 31.8 Å². The Bertz CT molecular complexity index is 255. The Morgan fingerprint density at radius 3 is 2.58 bits per heavy atom. The Morgan fingerprint density at radius 2 is 2.00 bits per heavy atom. The minimum Gasteiger partial charge on any atom is -0.383 e. The van der Waals surface area contributed by atoms with Gasteiger partial charge in [0.05, 0.1) is 6.61 Å². The molecule has 3 unspecified atom stereocenters. The lowest BCUT2D eigenvalue weighted by Gasteiger charge is -2.43. The highest BCUT2D eigenvalue weighted by Crippen LogP contribution is 2.36. The van der Waals surface area contributed by atoms with Crippen molar-refractivity contribution in [3.8, 4) is 0 Å². The highest BCUT2D eigenvalue weighted by atomic mass is 16.5. The second kappa shape index (κ2) is 7.61. The van der Waals surface area contributed by atoms with Gasteiger partial charge in [0.2, 0.25) is 0 Å². The molecule has 3 heteroatoms. The van der Waals surface area contributed by atoms with Gasteiger partial charge in [-0.1, -0.05) is 19.8 Å². The zero-order valence-electron chi connectivity index (χ0n) is 13.0. The molecule has 2 rings (SSSR count). The predicted octanol–water partition coefficient (Wildman–Crippen LogP) is 2.65. The highest BCUT2D eigenvalue weighted by molar-refractivity contribution is 4.96. The number of rotatable bonds is 8. The zero-order valence-corrected chi connectivity index (χ0v) is 13.0. The van der Waals surface area contributed by atoms with Crippen molar-refractivity contribution in [1.29, 1.82) is 0 Å². The number of likely N-dealkylation sites (N-methyl/N-ethyl adjacent to an activating group) is 1. The fraction of sp³-hybridized carbons (Fsp3) is 1.00. The molecule has 19 heavy (non-hydrogen) atoms. The minimum atomic E-state index is 0.686. The first kappa shape index (κ1) is 15.3. The molecule has 0 aromatic heterocycles. The SMILES string of the molecule is CCCC1CCC(NC)C(N(CCOC)C2CC2)C1. The predicted molar refractivity (Wildman–Crippen MR) is 80.5 cm³/mol. The largest absolute Gasteiger partial charge is 0.383 e. The third-order valence-electron chi connectivity index (χ3n) is 4.99. The summed E-state index contributed by atoms with van der Waals surface area (Å²) in [6, 6.07) is 2.26.